The summed E-state index contributed by atoms with van der Waals surface area (Å²) in [6.07, 6.45) is 1.23. The van der Waals surface area contributed by atoms with Crippen LogP contribution in [-0.2, 0) is 4.74 Å². The maximum Gasteiger partial charge on any atom is 0.0529 e. The third kappa shape index (κ3) is 0.924. The van der Waals surface area contributed by atoms with Crippen molar-refractivity contribution in [3.8, 4) is 0 Å². The highest BCUT2D eigenvalue weighted by Crippen LogP contribution is 2.11. The summed E-state index contributed by atoms with van der Waals surface area (Å²) in [5.74, 6) is 0. The van der Waals surface area contributed by atoms with Gasteiger partial charge in [-0.15, -0.1) is 9.24 Å². The lowest BCUT2D eigenvalue weighted by Gasteiger charge is -1.89. The molecule has 2 unspecified atom stereocenters. The van der Waals surface area contributed by atoms with E-state index >= 15 is 0 Å². The highest BCUT2D eigenvalue weighted by Gasteiger charge is 2.07. The summed E-state index contributed by atoms with van der Waals surface area (Å²) < 4.78 is 5.04. The molecule has 0 radical (unpaired) electrons. The monoisotopic (exact) mass is 104 g/mol. The second-order valence-electron chi connectivity index (χ2n) is 1.62. The molecule has 6 heavy (non-hydrogen) atoms. The molecule has 1 rings (SSSR count). The van der Waals surface area contributed by atoms with E-state index in [0.29, 0.717) is 0 Å². The van der Waals surface area contributed by atoms with E-state index in [9.17, 15) is 0 Å². The van der Waals surface area contributed by atoms with Crippen LogP contribution in [0.5, 0.6) is 0 Å². The van der Waals surface area contributed by atoms with Crippen LogP contribution in [0.1, 0.15) is 6.42 Å². The second kappa shape index (κ2) is 1.90. The maximum atomic E-state index is 5.04. The quantitative estimate of drug-likeness (QED) is 0.410. The van der Waals surface area contributed by atoms with Crippen LogP contribution in [0, 0.1) is 0 Å². The third-order valence-corrected chi connectivity index (χ3v) is 1.49. The molecule has 2 atom stereocenters. The Bertz CT molecular complexity index is 40.8. The largest absolute Gasteiger partial charge is 0.381 e. The summed E-state index contributed by atoms with van der Waals surface area (Å²) in [7, 11) is 2.75. The highest BCUT2D eigenvalue weighted by atomic mass is 31.0. The smallest absolute Gasteiger partial charge is 0.0529 e. The molecule has 1 aliphatic heterocycles. The molecule has 1 heterocycles. The van der Waals surface area contributed by atoms with Crippen molar-refractivity contribution in [3.05, 3.63) is 0 Å². The molecule has 0 aromatic carbocycles. The van der Waals surface area contributed by atoms with Crippen molar-refractivity contribution in [1.29, 1.82) is 0 Å². The third-order valence-electron chi connectivity index (χ3n) is 0.965. The summed E-state index contributed by atoms with van der Waals surface area (Å²) in [5.41, 5.74) is 0.741. The lowest BCUT2D eigenvalue weighted by Crippen LogP contribution is -1.91. The number of hydrogen-bond acceptors (Lipinski definition) is 1. The van der Waals surface area contributed by atoms with E-state index in [0.717, 1.165) is 18.9 Å². The molecule has 0 N–H and O–H groups in total. The zero-order chi connectivity index (χ0) is 4.41. The van der Waals surface area contributed by atoms with Gasteiger partial charge in [0.1, 0.15) is 0 Å². The summed E-state index contributed by atoms with van der Waals surface area (Å²) >= 11 is 0. The lowest BCUT2D eigenvalue weighted by atomic mass is 10.4. The van der Waals surface area contributed by atoms with Gasteiger partial charge in [0.25, 0.3) is 0 Å². The Morgan fingerprint density at radius 2 is 2.50 bits per heavy atom. The first-order chi connectivity index (χ1) is 2.89. The minimum atomic E-state index is 0.741. The van der Waals surface area contributed by atoms with Crippen molar-refractivity contribution in [3.63, 3.8) is 0 Å². The van der Waals surface area contributed by atoms with Crippen molar-refractivity contribution in [1.82, 2.24) is 0 Å². The van der Waals surface area contributed by atoms with Gasteiger partial charge in [-0.05, 0) is 12.1 Å². The van der Waals surface area contributed by atoms with Crippen LogP contribution in [-0.4, -0.2) is 18.9 Å². The normalized spacial score (nSPS) is 34.5. The van der Waals surface area contributed by atoms with Crippen LogP contribution in [0.4, 0.5) is 0 Å². The number of rotatable bonds is 0. The topological polar surface area (TPSA) is 9.23 Å². The van der Waals surface area contributed by atoms with E-state index in [1.54, 1.807) is 0 Å². The van der Waals surface area contributed by atoms with Crippen molar-refractivity contribution < 1.29 is 4.74 Å². The summed E-state index contributed by atoms with van der Waals surface area (Å²) in [5, 5.41) is 0. The van der Waals surface area contributed by atoms with Crippen LogP contribution in [0.25, 0.3) is 0 Å². The molecule has 1 fully saturated rings. The molecule has 0 saturated carbocycles. The van der Waals surface area contributed by atoms with E-state index in [1.807, 2.05) is 0 Å². The zero-order valence-corrected chi connectivity index (χ0v) is 4.84. The van der Waals surface area contributed by atoms with Crippen LogP contribution < -0.4 is 0 Å². The van der Waals surface area contributed by atoms with E-state index < -0.39 is 0 Å². The molecule has 0 bridgehead atoms. The first-order valence-corrected chi connectivity index (χ1v) is 2.89. The van der Waals surface area contributed by atoms with Crippen LogP contribution >= 0.6 is 9.24 Å². The Morgan fingerprint density at radius 3 is 2.67 bits per heavy atom. The standard InChI is InChI=1S/C4H9OP/c6-4-1-2-5-3-4/h4H,1-3,6H2. The fourth-order valence-electron chi connectivity index (χ4n) is 0.553. The maximum absolute atomic E-state index is 5.04. The predicted octanol–water partition coefficient (Wildman–Crippen LogP) is 0.650. The van der Waals surface area contributed by atoms with Gasteiger partial charge in [0.05, 0.1) is 6.61 Å². The van der Waals surface area contributed by atoms with Gasteiger partial charge in [-0.25, -0.2) is 0 Å². The van der Waals surface area contributed by atoms with E-state index in [1.165, 1.54) is 6.42 Å². The van der Waals surface area contributed by atoms with Crippen LogP contribution in [0.15, 0.2) is 0 Å². The van der Waals surface area contributed by atoms with Crippen LogP contribution in [0.3, 0.4) is 0 Å². The van der Waals surface area contributed by atoms with Gasteiger partial charge in [-0.1, -0.05) is 0 Å². The summed E-state index contributed by atoms with van der Waals surface area (Å²) in [4.78, 5) is 0. The molecule has 0 aliphatic carbocycles. The van der Waals surface area contributed by atoms with Gasteiger partial charge in [0.2, 0.25) is 0 Å². The van der Waals surface area contributed by atoms with E-state index in [4.69, 9.17) is 4.74 Å². The molecule has 0 spiro atoms. The molecular weight excluding hydrogens is 95.0 g/mol. The Morgan fingerprint density at radius 1 is 1.67 bits per heavy atom. The predicted molar refractivity (Wildman–Crippen MR) is 28.9 cm³/mol. The number of hydrogen-bond donors (Lipinski definition) is 0. The van der Waals surface area contributed by atoms with E-state index in [2.05, 4.69) is 9.24 Å². The zero-order valence-electron chi connectivity index (χ0n) is 3.68. The van der Waals surface area contributed by atoms with Gasteiger partial charge >= 0.3 is 0 Å². The fourth-order valence-corrected chi connectivity index (χ4v) is 0.825. The lowest BCUT2D eigenvalue weighted by molar-refractivity contribution is 0.199. The number of ether oxygens (including phenoxy) is 1. The molecule has 36 valence electrons. The minimum Gasteiger partial charge on any atom is -0.381 e. The molecule has 2 heteroatoms. The Balaban J connectivity index is 2.18. The highest BCUT2D eigenvalue weighted by molar-refractivity contribution is 7.17. The minimum absolute atomic E-state index is 0.741. The molecule has 0 aromatic rings. The Labute approximate surface area is 40.3 Å². The van der Waals surface area contributed by atoms with Gasteiger partial charge in [-0.3, -0.25) is 0 Å². The van der Waals surface area contributed by atoms with Gasteiger partial charge in [-0.2, -0.15) is 0 Å². The van der Waals surface area contributed by atoms with Gasteiger partial charge < -0.3 is 4.74 Å². The van der Waals surface area contributed by atoms with Crippen molar-refractivity contribution >= 4 is 9.24 Å². The summed E-state index contributed by atoms with van der Waals surface area (Å²) in [6, 6.07) is 0. The first kappa shape index (κ1) is 4.55. The second-order valence-corrected chi connectivity index (χ2v) is 2.57. The van der Waals surface area contributed by atoms with Crippen molar-refractivity contribution in [2.75, 3.05) is 13.2 Å². The van der Waals surface area contributed by atoms with Crippen molar-refractivity contribution in [2.24, 2.45) is 0 Å². The van der Waals surface area contributed by atoms with Crippen LogP contribution in [0.2, 0.25) is 0 Å². The van der Waals surface area contributed by atoms with Gasteiger partial charge in [0.15, 0.2) is 0 Å². The van der Waals surface area contributed by atoms with Crippen molar-refractivity contribution in [2.45, 2.75) is 12.1 Å². The van der Waals surface area contributed by atoms with Gasteiger partial charge in [0, 0.05) is 6.61 Å². The fraction of sp³-hybridized carbons (Fsp3) is 1.00. The molecule has 0 amide bonds. The Kier molecular flexibility index (Phi) is 1.44. The SMILES string of the molecule is PC1CCOC1. The average Bonchev–Trinajstić information content (AvgIpc) is 1.86. The Hall–Kier alpha value is 0.390. The first-order valence-electron chi connectivity index (χ1n) is 2.23. The average molecular weight is 104 g/mol. The molecule has 0 aromatic heterocycles. The molecule has 1 aliphatic rings. The molecular formula is C4H9OP. The molecule has 1 nitrogen and oxygen atoms in total. The summed E-state index contributed by atoms with van der Waals surface area (Å²) in [6.45, 7) is 1.92. The van der Waals surface area contributed by atoms with E-state index in [-0.39, 0.29) is 0 Å². The molecule has 1 saturated heterocycles.